The molecule has 1 aliphatic rings. The van der Waals surface area contributed by atoms with Crippen molar-refractivity contribution in [3.8, 4) is 11.5 Å². The Morgan fingerprint density at radius 3 is 2.83 bits per heavy atom. The zero-order valence-corrected chi connectivity index (χ0v) is 16.1. The van der Waals surface area contributed by atoms with Crippen LogP contribution in [0.4, 0.5) is 0 Å². The van der Waals surface area contributed by atoms with E-state index >= 15 is 0 Å². The van der Waals surface area contributed by atoms with E-state index in [1.165, 1.54) is 24.9 Å². The average molecular weight is 385 g/mol. The molecule has 1 N–H and O–H groups in total. The highest BCUT2D eigenvalue weighted by molar-refractivity contribution is 9.10. The molecule has 0 spiro atoms. The van der Waals surface area contributed by atoms with E-state index in [9.17, 15) is 0 Å². The van der Waals surface area contributed by atoms with Gasteiger partial charge in [0.05, 0.1) is 13.7 Å². The predicted octanol–water partition coefficient (Wildman–Crippen LogP) is 3.82. The molecule has 1 fully saturated rings. The molecule has 23 heavy (non-hydrogen) atoms. The van der Waals surface area contributed by atoms with E-state index in [2.05, 4.69) is 46.1 Å². The first-order valence-electron chi connectivity index (χ1n) is 8.63. The van der Waals surface area contributed by atoms with Gasteiger partial charge in [-0.15, -0.1) is 0 Å². The Morgan fingerprint density at radius 1 is 1.30 bits per heavy atom. The van der Waals surface area contributed by atoms with Crippen LogP contribution in [-0.4, -0.2) is 44.3 Å². The number of likely N-dealkylation sites (tertiary alicyclic amines) is 1. The van der Waals surface area contributed by atoms with Crippen molar-refractivity contribution >= 4 is 15.9 Å². The number of halogens is 1. The summed E-state index contributed by atoms with van der Waals surface area (Å²) in [6.07, 6.45) is 3.61. The smallest absolute Gasteiger partial charge is 0.162 e. The van der Waals surface area contributed by atoms with Gasteiger partial charge in [0.2, 0.25) is 0 Å². The Morgan fingerprint density at radius 2 is 2.13 bits per heavy atom. The third kappa shape index (κ3) is 5.10. The molecular formula is C18H29BrN2O2. The zero-order valence-electron chi connectivity index (χ0n) is 14.5. The monoisotopic (exact) mass is 384 g/mol. The van der Waals surface area contributed by atoms with E-state index < -0.39 is 0 Å². The molecule has 0 amide bonds. The fourth-order valence-corrected chi connectivity index (χ4v) is 3.58. The Labute approximate surface area is 148 Å². The van der Waals surface area contributed by atoms with Gasteiger partial charge in [0.25, 0.3) is 0 Å². The van der Waals surface area contributed by atoms with Gasteiger partial charge in [-0.3, -0.25) is 4.90 Å². The molecule has 1 atom stereocenters. The van der Waals surface area contributed by atoms with Gasteiger partial charge in [-0.05, 0) is 50.0 Å². The first kappa shape index (κ1) is 18.6. The molecule has 1 aliphatic heterocycles. The number of methoxy groups -OCH3 is 1. The van der Waals surface area contributed by atoms with Crippen LogP contribution in [0.25, 0.3) is 0 Å². The number of ether oxygens (including phenoxy) is 2. The van der Waals surface area contributed by atoms with Crippen molar-refractivity contribution in [2.75, 3.05) is 33.4 Å². The quantitative estimate of drug-likeness (QED) is 0.701. The van der Waals surface area contributed by atoms with Gasteiger partial charge in [-0.25, -0.2) is 0 Å². The molecule has 0 saturated carbocycles. The minimum atomic E-state index is 0.674. The molecule has 0 aromatic heterocycles. The van der Waals surface area contributed by atoms with Crippen LogP contribution in [-0.2, 0) is 6.54 Å². The lowest BCUT2D eigenvalue weighted by Crippen LogP contribution is -2.37. The van der Waals surface area contributed by atoms with Crippen molar-refractivity contribution in [1.82, 2.24) is 10.2 Å². The number of nitrogens with zero attached hydrogens (tertiary/aromatic N) is 1. The zero-order chi connectivity index (χ0) is 16.7. The van der Waals surface area contributed by atoms with E-state index in [1.807, 2.05) is 6.07 Å². The Hall–Kier alpha value is -0.780. The van der Waals surface area contributed by atoms with Crippen molar-refractivity contribution in [3.63, 3.8) is 0 Å². The number of hydrogen-bond acceptors (Lipinski definition) is 4. The third-order valence-electron chi connectivity index (χ3n) is 4.40. The van der Waals surface area contributed by atoms with Crippen LogP contribution in [0.5, 0.6) is 11.5 Å². The topological polar surface area (TPSA) is 33.7 Å². The Bertz CT molecular complexity index is 496. The van der Waals surface area contributed by atoms with E-state index in [0.717, 1.165) is 42.0 Å². The standard InChI is InChI=1S/C18H29BrN2O2/c1-4-9-23-18-11-16(19)14(10-17(18)22-3)12-20-13-15-7-6-8-21(15)5-2/h10-11,15,20H,4-9,12-13H2,1-3H3. The molecule has 1 aromatic carbocycles. The summed E-state index contributed by atoms with van der Waals surface area (Å²) in [5.41, 5.74) is 1.20. The van der Waals surface area contributed by atoms with Gasteiger partial charge in [-0.2, -0.15) is 0 Å². The molecule has 1 unspecified atom stereocenters. The fraction of sp³-hybridized carbons (Fsp3) is 0.667. The van der Waals surface area contributed by atoms with Crippen LogP contribution < -0.4 is 14.8 Å². The fourth-order valence-electron chi connectivity index (χ4n) is 3.11. The van der Waals surface area contributed by atoms with Crippen molar-refractivity contribution in [3.05, 3.63) is 22.2 Å². The largest absolute Gasteiger partial charge is 0.493 e. The molecule has 1 aromatic rings. The minimum absolute atomic E-state index is 0.674. The van der Waals surface area contributed by atoms with E-state index in [1.54, 1.807) is 7.11 Å². The lowest BCUT2D eigenvalue weighted by molar-refractivity contribution is 0.260. The summed E-state index contributed by atoms with van der Waals surface area (Å²) in [7, 11) is 1.69. The molecule has 0 bridgehead atoms. The van der Waals surface area contributed by atoms with Crippen LogP contribution in [0.3, 0.4) is 0 Å². The van der Waals surface area contributed by atoms with Crippen LogP contribution in [0.15, 0.2) is 16.6 Å². The predicted molar refractivity (Wildman–Crippen MR) is 98.5 cm³/mol. The van der Waals surface area contributed by atoms with Crippen molar-refractivity contribution in [2.24, 2.45) is 0 Å². The number of benzene rings is 1. The first-order chi connectivity index (χ1) is 11.2. The molecular weight excluding hydrogens is 356 g/mol. The number of likely N-dealkylation sites (N-methyl/N-ethyl adjacent to an activating group) is 1. The van der Waals surface area contributed by atoms with E-state index in [-0.39, 0.29) is 0 Å². The maximum Gasteiger partial charge on any atom is 0.162 e. The summed E-state index contributed by atoms with van der Waals surface area (Å²) in [6.45, 7) is 9.30. The van der Waals surface area contributed by atoms with Gasteiger partial charge >= 0.3 is 0 Å². The minimum Gasteiger partial charge on any atom is -0.493 e. The highest BCUT2D eigenvalue weighted by Gasteiger charge is 2.22. The lowest BCUT2D eigenvalue weighted by atomic mass is 10.1. The second-order valence-corrected chi connectivity index (χ2v) is 6.85. The van der Waals surface area contributed by atoms with E-state index in [0.29, 0.717) is 12.6 Å². The first-order valence-corrected chi connectivity index (χ1v) is 9.42. The van der Waals surface area contributed by atoms with Gasteiger partial charge < -0.3 is 14.8 Å². The summed E-state index contributed by atoms with van der Waals surface area (Å²) in [5, 5.41) is 3.59. The number of rotatable bonds is 9. The summed E-state index contributed by atoms with van der Waals surface area (Å²) in [6, 6.07) is 4.75. The SMILES string of the molecule is CCCOc1cc(Br)c(CNCC2CCCN2CC)cc1OC. The molecule has 5 heteroatoms. The Kier molecular flexibility index (Phi) is 7.66. The lowest BCUT2D eigenvalue weighted by Gasteiger charge is -2.23. The van der Waals surface area contributed by atoms with Crippen LogP contribution in [0.1, 0.15) is 38.7 Å². The summed E-state index contributed by atoms with van der Waals surface area (Å²) < 4.78 is 12.3. The molecule has 4 nitrogen and oxygen atoms in total. The summed E-state index contributed by atoms with van der Waals surface area (Å²) in [4.78, 5) is 2.56. The normalized spacial score (nSPS) is 18.3. The summed E-state index contributed by atoms with van der Waals surface area (Å²) in [5.74, 6) is 1.60. The average Bonchev–Trinajstić information content (AvgIpc) is 3.02. The molecule has 0 aliphatic carbocycles. The molecule has 0 radical (unpaired) electrons. The maximum absolute atomic E-state index is 5.75. The molecule has 1 saturated heterocycles. The maximum atomic E-state index is 5.75. The highest BCUT2D eigenvalue weighted by Crippen LogP contribution is 2.33. The highest BCUT2D eigenvalue weighted by atomic mass is 79.9. The van der Waals surface area contributed by atoms with Crippen LogP contribution in [0, 0.1) is 0 Å². The van der Waals surface area contributed by atoms with Crippen molar-refractivity contribution < 1.29 is 9.47 Å². The van der Waals surface area contributed by atoms with Crippen molar-refractivity contribution in [1.29, 1.82) is 0 Å². The summed E-state index contributed by atoms with van der Waals surface area (Å²) >= 11 is 3.66. The second kappa shape index (κ2) is 9.50. The Balaban J connectivity index is 1.94. The number of nitrogens with one attached hydrogen (secondary N) is 1. The molecule has 130 valence electrons. The van der Waals surface area contributed by atoms with Crippen molar-refractivity contribution in [2.45, 2.75) is 45.7 Å². The van der Waals surface area contributed by atoms with Gasteiger partial charge in [0, 0.05) is 23.6 Å². The van der Waals surface area contributed by atoms with Crippen LogP contribution in [0.2, 0.25) is 0 Å². The van der Waals surface area contributed by atoms with Gasteiger partial charge in [-0.1, -0.05) is 29.8 Å². The second-order valence-electron chi connectivity index (χ2n) is 6.00. The third-order valence-corrected chi connectivity index (χ3v) is 5.13. The molecule has 1 heterocycles. The molecule has 2 rings (SSSR count). The number of hydrogen-bond donors (Lipinski definition) is 1. The van der Waals surface area contributed by atoms with Gasteiger partial charge in [0.1, 0.15) is 0 Å². The van der Waals surface area contributed by atoms with Crippen LogP contribution >= 0.6 is 15.9 Å². The van der Waals surface area contributed by atoms with Gasteiger partial charge in [0.15, 0.2) is 11.5 Å². The van der Waals surface area contributed by atoms with E-state index in [4.69, 9.17) is 9.47 Å².